The molecule has 4 aliphatic carbocycles. The first-order valence-corrected chi connectivity index (χ1v) is 9.15. The highest BCUT2D eigenvalue weighted by Crippen LogP contribution is 2.60. The van der Waals surface area contributed by atoms with E-state index in [0.717, 1.165) is 19.3 Å². The second-order valence-electron chi connectivity index (χ2n) is 8.08. The van der Waals surface area contributed by atoms with E-state index in [1.165, 1.54) is 19.3 Å². The molecule has 130 valence electrons. The molecule has 4 saturated carbocycles. The number of hydrogen-bond donors (Lipinski definition) is 2. The van der Waals surface area contributed by atoms with E-state index in [9.17, 15) is 9.59 Å². The van der Waals surface area contributed by atoms with Crippen molar-refractivity contribution in [2.75, 3.05) is 10.6 Å². The molecule has 5 rings (SSSR count). The van der Waals surface area contributed by atoms with Crippen molar-refractivity contribution in [3.63, 3.8) is 0 Å². The minimum absolute atomic E-state index is 0.105. The standard InChI is InChI=1S/C20H23N3O2/c21-6-5-18(24)22-16-3-1-2-4-17(16)23-19(25)20-10-13-7-14(11-20)9-15(8-13)12-20/h1-4,13-15H,5,7-12H2,(H,22,24)(H,23,25). The molecule has 0 aromatic heterocycles. The van der Waals surface area contributed by atoms with Crippen LogP contribution in [0, 0.1) is 34.5 Å². The number of benzene rings is 1. The molecule has 1 aromatic carbocycles. The molecule has 5 heteroatoms. The van der Waals surface area contributed by atoms with Gasteiger partial charge in [-0.1, -0.05) is 12.1 Å². The van der Waals surface area contributed by atoms with Gasteiger partial charge in [-0.05, 0) is 68.4 Å². The van der Waals surface area contributed by atoms with Crippen LogP contribution in [0.1, 0.15) is 44.9 Å². The average molecular weight is 337 g/mol. The number of anilines is 2. The highest BCUT2D eigenvalue weighted by atomic mass is 16.2. The van der Waals surface area contributed by atoms with Crippen molar-refractivity contribution < 1.29 is 9.59 Å². The van der Waals surface area contributed by atoms with Crippen molar-refractivity contribution in [3.05, 3.63) is 24.3 Å². The number of para-hydroxylation sites is 2. The molecule has 1 aromatic rings. The van der Waals surface area contributed by atoms with Crippen LogP contribution in [-0.2, 0) is 9.59 Å². The Labute approximate surface area is 147 Å². The van der Waals surface area contributed by atoms with Crippen LogP contribution in [0.2, 0.25) is 0 Å². The first kappa shape index (κ1) is 16.1. The molecule has 4 bridgehead atoms. The zero-order valence-corrected chi connectivity index (χ0v) is 14.3. The Morgan fingerprint density at radius 3 is 2.04 bits per heavy atom. The van der Waals surface area contributed by atoms with Gasteiger partial charge in [0.05, 0.1) is 22.9 Å². The fraction of sp³-hybridized carbons (Fsp3) is 0.550. The average Bonchev–Trinajstić information content (AvgIpc) is 2.55. The maximum absolute atomic E-state index is 13.2. The number of carbonyl (C=O) groups is 2. The minimum Gasteiger partial charge on any atom is -0.324 e. The lowest BCUT2D eigenvalue weighted by molar-refractivity contribution is -0.140. The van der Waals surface area contributed by atoms with Gasteiger partial charge in [-0.2, -0.15) is 5.26 Å². The molecule has 0 atom stereocenters. The summed E-state index contributed by atoms with van der Waals surface area (Å²) in [5.74, 6) is 1.88. The third-order valence-electron chi connectivity index (χ3n) is 6.21. The monoisotopic (exact) mass is 337 g/mol. The molecule has 0 unspecified atom stereocenters. The number of nitrogens with one attached hydrogen (secondary N) is 2. The summed E-state index contributed by atoms with van der Waals surface area (Å²) in [6.45, 7) is 0. The topological polar surface area (TPSA) is 82.0 Å². The number of hydrogen-bond acceptors (Lipinski definition) is 3. The van der Waals surface area contributed by atoms with Gasteiger partial charge in [0.2, 0.25) is 11.8 Å². The molecule has 0 heterocycles. The number of nitriles is 1. The third-order valence-corrected chi connectivity index (χ3v) is 6.21. The fourth-order valence-electron chi connectivity index (χ4n) is 5.61. The van der Waals surface area contributed by atoms with Crippen molar-refractivity contribution in [1.29, 1.82) is 5.26 Å². The highest BCUT2D eigenvalue weighted by molar-refractivity contribution is 6.02. The quantitative estimate of drug-likeness (QED) is 0.879. The molecule has 2 amide bonds. The Balaban J connectivity index is 1.52. The molecule has 4 fully saturated rings. The summed E-state index contributed by atoms with van der Waals surface area (Å²) in [6, 6.07) is 9.05. The Morgan fingerprint density at radius 2 is 1.52 bits per heavy atom. The van der Waals surface area contributed by atoms with E-state index >= 15 is 0 Å². The maximum atomic E-state index is 13.2. The normalized spacial score (nSPS) is 32.0. The predicted molar refractivity (Wildman–Crippen MR) is 94.5 cm³/mol. The van der Waals surface area contributed by atoms with Crippen molar-refractivity contribution in [3.8, 4) is 6.07 Å². The van der Waals surface area contributed by atoms with Crippen LogP contribution in [0.3, 0.4) is 0 Å². The van der Waals surface area contributed by atoms with Gasteiger partial charge in [0, 0.05) is 0 Å². The van der Waals surface area contributed by atoms with Crippen LogP contribution in [0.25, 0.3) is 0 Å². The summed E-state index contributed by atoms with van der Waals surface area (Å²) >= 11 is 0. The third kappa shape index (κ3) is 3.02. The molecule has 25 heavy (non-hydrogen) atoms. The van der Waals surface area contributed by atoms with Crippen LogP contribution < -0.4 is 10.6 Å². The molecule has 0 spiro atoms. The Morgan fingerprint density at radius 1 is 1.00 bits per heavy atom. The van der Waals surface area contributed by atoms with Crippen LogP contribution in [-0.4, -0.2) is 11.8 Å². The van der Waals surface area contributed by atoms with Crippen LogP contribution >= 0.6 is 0 Å². The molecular weight excluding hydrogens is 314 g/mol. The number of nitrogens with zero attached hydrogens (tertiary/aromatic N) is 1. The minimum atomic E-state index is -0.362. The van der Waals surface area contributed by atoms with Crippen LogP contribution in [0.5, 0.6) is 0 Å². The van der Waals surface area contributed by atoms with E-state index in [-0.39, 0.29) is 23.7 Å². The fourth-order valence-corrected chi connectivity index (χ4v) is 5.61. The number of rotatable bonds is 4. The summed E-state index contributed by atoms with van der Waals surface area (Å²) in [5, 5.41) is 14.4. The van der Waals surface area contributed by atoms with E-state index in [1.54, 1.807) is 12.1 Å². The summed E-state index contributed by atoms with van der Waals surface area (Å²) in [7, 11) is 0. The van der Waals surface area contributed by atoms with E-state index < -0.39 is 0 Å². The zero-order chi connectivity index (χ0) is 17.4. The molecular formula is C20H23N3O2. The van der Waals surface area contributed by atoms with Gasteiger partial charge >= 0.3 is 0 Å². The Bertz CT molecular complexity index is 714. The lowest BCUT2D eigenvalue weighted by Gasteiger charge is -2.55. The van der Waals surface area contributed by atoms with Gasteiger partial charge in [-0.15, -0.1) is 0 Å². The summed E-state index contributed by atoms with van der Waals surface area (Å²) in [6.07, 6.45) is 6.72. The maximum Gasteiger partial charge on any atom is 0.238 e. The van der Waals surface area contributed by atoms with E-state index in [2.05, 4.69) is 10.6 Å². The smallest absolute Gasteiger partial charge is 0.238 e. The largest absolute Gasteiger partial charge is 0.324 e. The van der Waals surface area contributed by atoms with Gasteiger partial charge in [0.1, 0.15) is 6.42 Å². The first-order chi connectivity index (χ1) is 12.1. The van der Waals surface area contributed by atoms with E-state index in [4.69, 9.17) is 5.26 Å². The van der Waals surface area contributed by atoms with Crippen molar-refractivity contribution in [2.45, 2.75) is 44.9 Å². The van der Waals surface area contributed by atoms with Gasteiger partial charge in [-0.25, -0.2) is 0 Å². The van der Waals surface area contributed by atoms with Crippen molar-refractivity contribution in [2.24, 2.45) is 23.2 Å². The molecule has 0 saturated heterocycles. The van der Waals surface area contributed by atoms with Gasteiger partial charge in [0.15, 0.2) is 0 Å². The molecule has 0 radical (unpaired) electrons. The van der Waals surface area contributed by atoms with Crippen LogP contribution in [0.15, 0.2) is 24.3 Å². The SMILES string of the molecule is N#CCC(=O)Nc1ccccc1NC(=O)C12CC3CC(CC(C3)C1)C2. The lowest BCUT2D eigenvalue weighted by atomic mass is 9.49. The Kier molecular flexibility index (Phi) is 3.99. The molecule has 0 aliphatic heterocycles. The van der Waals surface area contributed by atoms with E-state index in [0.29, 0.717) is 29.1 Å². The number of carbonyl (C=O) groups excluding carboxylic acids is 2. The second-order valence-corrected chi connectivity index (χ2v) is 8.08. The van der Waals surface area contributed by atoms with E-state index in [1.807, 2.05) is 18.2 Å². The van der Waals surface area contributed by atoms with Crippen molar-refractivity contribution in [1.82, 2.24) is 0 Å². The molecule has 2 N–H and O–H groups in total. The summed E-state index contributed by atoms with van der Waals surface area (Å²) in [4.78, 5) is 24.9. The lowest BCUT2D eigenvalue weighted by Crippen LogP contribution is -2.51. The Hall–Kier alpha value is -2.35. The summed E-state index contributed by atoms with van der Waals surface area (Å²) < 4.78 is 0. The first-order valence-electron chi connectivity index (χ1n) is 9.15. The van der Waals surface area contributed by atoms with Crippen LogP contribution in [0.4, 0.5) is 11.4 Å². The van der Waals surface area contributed by atoms with Gasteiger partial charge in [-0.3, -0.25) is 9.59 Å². The molecule has 4 aliphatic rings. The second kappa shape index (κ2) is 6.18. The predicted octanol–water partition coefficient (Wildman–Crippen LogP) is 3.69. The zero-order valence-electron chi connectivity index (χ0n) is 14.3. The van der Waals surface area contributed by atoms with Gasteiger partial charge < -0.3 is 10.6 Å². The highest BCUT2D eigenvalue weighted by Gasteiger charge is 2.54. The summed E-state index contributed by atoms with van der Waals surface area (Å²) in [5.41, 5.74) is 0.953. The molecule has 5 nitrogen and oxygen atoms in total. The van der Waals surface area contributed by atoms with Crippen molar-refractivity contribution >= 4 is 23.2 Å². The van der Waals surface area contributed by atoms with Gasteiger partial charge in [0.25, 0.3) is 0 Å². The number of amides is 2.